The molecule has 0 spiro atoms. The van der Waals surface area contributed by atoms with Gasteiger partial charge in [-0.3, -0.25) is 58.1 Å². The third kappa shape index (κ3) is 20.4. The van der Waals surface area contributed by atoms with Crippen LogP contribution < -0.4 is 65.8 Å². The van der Waals surface area contributed by atoms with Crippen molar-refractivity contribution in [2.45, 2.75) is 76.3 Å². The molecule has 0 radical (unpaired) electrons. The Labute approximate surface area is 535 Å². The molecule has 39 heteroatoms. The summed E-state index contributed by atoms with van der Waals surface area (Å²) in [4.78, 5) is 182. The number of aromatic nitrogens is 12. The Kier molecular flexibility index (Phi) is 23.6. The fourth-order valence-electron chi connectivity index (χ4n) is 8.26. The SMILES string of the molecule is Nc1nc2ncc(CNc3ccc(C(=O)N[C@@H](CCC(=O)O)C(=O)O)cc3)nc2c(=O)[nH]1.Nc1nc2ncc(CNc3ccc(C(=O)N[C@@H](CCC(=O)O)C(=O)O)cc3)nc2c(=O)[nH]1.Nc1nc2ncc(CNc3ccc(C(=O)N[C@@H](CCC(=O)O)C(=O)O)cc3)nc2c(=O)[nH]1. The molecule has 0 bridgehead atoms. The second-order valence-corrected chi connectivity index (χ2v) is 20.1. The number of amides is 3. The lowest BCUT2D eigenvalue weighted by atomic mass is 10.1. The van der Waals surface area contributed by atoms with Crippen molar-refractivity contribution in [3.63, 3.8) is 0 Å². The van der Waals surface area contributed by atoms with Crippen LogP contribution in [0.3, 0.4) is 0 Å². The first-order valence-corrected chi connectivity index (χ1v) is 28.0. The van der Waals surface area contributed by atoms with Gasteiger partial charge in [0.05, 0.1) is 55.3 Å². The van der Waals surface area contributed by atoms with Crippen molar-refractivity contribution in [2.24, 2.45) is 0 Å². The Morgan fingerprint density at radius 1 is 0.375 bits per heavy atom. The molecule has 0 saturated carbocycles. The van der Waals surface area contributed by atoms with Crippen molar-refractivity contribution >= 4 is 122 Å². The van der Waals surface area contributed by atoms with E-state index in [9.17, 15) is 57.5 Å². The van der Waals surface area contributed by atoms with Crippen molar-refractivity contribution in [1.29, 1.82) is 0 Å². The summed E-state index contributed by atoms with van der Waals surface area (Å²) >= 11 is 0. The molecule has 3 amide bonds. The molecule has 0 aliphatic rings. The summed E-state index contributed by atoms with van der Waals surface area (Å²) in [5.74, 6) is -9.47. The van der Waals surface area contributed by atoms with E-state index >= 15 is 0 Å². The molecule has 498 valence electrons. The minimum absolute atomic E-state index is 0.0524. The van der Waals surface area contributed by atoms with Gasteiger partial charge >= 0.3 is 35.8 Å². The molecule has 9 rings (SSSR count). The molecular weight excluding hydrogens is 1270 g/mol. The van der Waals surface area contributed by atoms with E-state index in [1.54, 1.807) is 36.4 Å². The summed E-state index contributed by atoms with van der Waals surface area (Å²) in [5.41, 5.74) is 19.4. The summed E-state index contributed by atoms with van der Waals surface area (Å²) in [6.45, 7) is 0.692. The number of carbonyl (C=O) groups excluding carboxylic acids is 3. The van der Waals surface area contributed by atoms with E-state index in [1.165, 1.54) is 55.0 Å². The Bertz CT molecular complexity index is 4130. The highest BCUT2D eigenvalue weighted by atomic mass is 16.4. The van der Waals surface area contributed by atoms with Crippen molar-refractivity contribution in [3.8, 4) is 0 Å². The highest BCUT2D eigenvalue weighted by molar-refractivity contribution is 5.98. The lowest BCUT2D eigenvalue weighted by Gasteiger charge is -2.14. The number of H-pyrrole nitrogens is 3. The van der Waals surface area contributed by atoms with Gasteiger partial charge in [-0.05, 0) is 92.1 Å². The third-order valence-electron chi connectivity index (χ3n) is 13.1. The number of aromatic amines is 3. The third-order valence-corrected chi connectivity index (χ3v) is 13.1. The molecule has 0 saturated heterocycles. The van der Waals surface area contributed by atoms with Crippen LogP contribution in [-0.2, 0) is 48.4 Å². The molecule has 0 fully saturated rings. The Morgan fingerprint density at radius 3 is 0.833 bits per heavy atom. The number of nitrogens with zero attached hydrogens (tertiary/aromatic N) is 9. The fourth-order valence-corrected chi connectivity index (χ4v) is 8.26. The van der Waals surface area contributed by atoms with E-state index in [1.807, 2.05) is 0 Å². The van der Waals surface area contributed by atoms with E-state index in [0.29, 0.717) is 34.1 Å². The summed E-state index contributed by atoms with van der Waals surface area (Å²) in [6, 6.07) is 14.6. The highest BCUT2D eigenvalue weighted by Gasteiger charge is 2.25. The second kappa shape index (κ2) is 32.4. The number of fused-ring (bicyclic) bond motifs is 3. The van der Waals surface area contributed by atoms with Gasteiger partial charge < -0.3 is 79.7 Å². The van der Waals surface area contributed by atoms with Crippen LogP contribution in [0.2, 0.25) is 0 Å². The van der Waals surface area contributed by atoms with E-state index in [2.05, 4.69) is 91.7 Å². The number of carboxylic acids is 6. The minimum Gasteiger partial charge on any atom is -0.481 e. The predicted molar refractivity (Wildman–Crippen MR) is 336 cm³/mol. The first-order chi connectivity index (χ1) is 45.7. The molecule has 3 atom stereocenters. The molecule has 0 aliphatic heterocycles. The van der Waals surface area contributed by atoms with Gasteiger partial charge in [0, 0.05) is 53.0 Å². The number of rotatable bonds is 27. The number of anilines is 6. The van der Waals surface area contributed by atoms with E-state index < -0.39 is 88.3 Å². The molecule has 0 unspecified atom stereocenters. The van der Waals surface area contributed by atoms with Crippen LogP contribution in [0, 0.1) is 0 Å². The maximum absolute atomic E-state index is 12.3. The number of nitrogen functional groups attached to an aromatic ring is 3. The molecule has 6 heterocycles. The smallest absolute Gasteiger partial charge is 0.326 e. The van der Waals surface area contributed by atoms with Crippen LogP contribution in [0.1, 0.15) is 86.7 Å². The number of carboxylic acid groups (broad SMARTS) is 6. The topological polar surface area (TPSA) is 640 Å². The average molecular weight is 1320 g/mol. The van der Waals surface area contributed by atoms with Crippen molar-refractivity contribution in [2.75, 3.05) is 33.2 Å². The normalized spacial score (nSPS) is 11.6. The molecule has 9 aromatic rings. The van der Waals surface area contributed by atoms with Crippen LogP contribution in [0.25, 0.3) is 33.5 Å². The first-order valence-electron chi connectivity index (χ1n) is 28.0. The van der Waals surface area contributed by atoms with Crippen LogP contribution >= 0.6 is 0 Å². The van der Waals surface area contributed by atoms with Crippen LogP contribution in [0.15, 0.2) is 106 Å². The fraction of sp³-hybridized carbons (Fsp3) is 0.211. The first kappa shape index (κ1) is 69.8. The van der Waals surface area contributed by atoms with Crippen LogP contribution in [0.5, 0.6) is 0 Å². The maximum atomic E-state index is 12.3. The van der Waals surface area contributed by atoms with Gasteiger partial charge in [0.2, 0.25) is 17.8 Å². The summed E-state index contributed by atoms with van der Waals surface area (Å²) in [6.07, 6.45) is 2.52. The largest absolute Gasteiger partial charge is 0.481 e. The number of hydrogen-bond acceptors (Lipinski definition) is 27. The molecule has 0 aliphatic carbocycles. The van der Waals surface area contributed by atoms with Gasteiger partial charge in [-0.25, -0.2) is 44.3 Å². The zero-order chi connectivity index (χ0) is 69.8. The quantitative estimate of drug-likeness (QED) is 0.0319. The lowest BCUT2D eigenvalue weighted by molar-refractivity contribution is -0.142. The monoisotopic (exact) mass is 1320 g/mol. The van der Waals surface area contributed by atoms with Gasteiger partial charge in [-0.15, -0.1) is 0 Å². The maximum Gasteiger partial charge on any atom is 0.326 e. The number of nitrogens with one attached hydrogen (secondary N) is 9. The molecule has 3 aromatic carbocycles. The number of benzene rings is 3. The highest BCUT2D eigenvalue weighted by Crippen LogP contribution is 2.17. The van der Waals surface area contributed by atoms with Gasteiger partial charge in [0.25, 0.3) is 34.4 Å². The van der Waals surface area contributed by atoms with Crippen LogP contribution in [-0.4, -0.2) is 162 Å². The van der Waals surface area contributed by atoms with E-state index in [4.69, 9.17) is 47.8 Å². The van der Waals surface area contributed by atoms with Crippen molar-refractivity contribution in [3.05, 3.63) is 156 Å². The number of hydrogen-bond donors (Lipinski definition) is 18. The molecule has 21 N–H and O–H groups in total. The average Bonchev–Trinajstić information content (AvgIpc) is 0.854. The number of aliphatic carboxylic acids is 6. The number of carbonyl (C=O) groups is 9. The molecule has 39 nitrogen and oxygen atoms in total. The predicted octanol–water partition coefficient (Wildman–Crippen LogP) is -0.134. The second-order valence-electron chi connectivity index (χ2n) is 20.1. The van der Waals surface area contributed by atoms with Gasteiger partial charge in [-0.1, -0.05) is 0 Å². The van der Waals surface area contributed by atoms with Gasteiger partial charge in [0.15, 0.2) is 33.5 Å². The van der Waals surface area contributed by atoms with E-state index in [0.717, 1.165) is 0 Å². The minimum atomic E-state index is -1.31. The number of nitrogens with two attached hydrogens (primary N) is 3. The summed E-state index contributed by atoms with van der Waals surface area (Å²) < 4.78 is 0. The summed E-state index contributed by atoms with van der Waals surface area (Å²) in [5, 5.41) is 69.6. The Morgan fingerprint density at radius 2 is 0.615 bits per heavy atom. The Hall–Kier alpha value is -13.7. The molecule has 96 heavy (non-hydrogen) atoms. The summed E-state index contributed by atoms with van der Waals surface area (Å²) in [7, 11) is 0. The standard InChI is InChI=1S/3C19H19N7O6/c3*20-19-25-15-14(17(30)26-19)23-11(8-22-15)7-21-10-3-1-9(2-4-10)16(29)24-12(18(31)32)5-6-13(27)28/h3*1-4,8,12,21H,5-7H2,(H,24,29)(H,27,28)(H,31,32)(H3,20,22,25,26,30)/t3*12-/m000/s1. The van der Waals surface area contributed by atoms with Gasteiger partial charge in [0.1, 0.15) is 18.1 Å². The zero-order valence-electron chi connectivity index (χ0n) is 49.6. The van der Waals surface area contributed by atoms with Crippen molar-refractivity contribution < 1.29 is 73.8 Å². The molecular formula is C57H57N21O18. The van der Waals surface area contributed by atoms with Crippen molar-refractivity contribution in [1.82, 2.24) is 75.8 Å². The Balaban J connectivity index is 0.000000203. The van der Waals surface area contributed by atoms with E-state index in [-0.39, 0.29) is 126 Å². The lowest BCUT2D eigenvalue weighted by Crippen LogP contribution is -2.41. The zero-order valence-corrected chi connectivity index (χ0v) is 49.6. The molecule has 6 aromatic heterocycles. The van der Waals surface area contributed by atoms with Crippen LogP contribution in [0.4, 0.5) is 34.9 Å². The van der Waals surface area contributed by atoms with Gasteiger partial charge in [-0.2, -0.15) is 15.0 Å².